The number of rotatable bonds is 5. The van der Waals surface area contributed by atoms with Gasteiger partial charge in [0.2, 0.25) is 11.8 Å². The van der Waals surface area contributed by atoms with Crippen molar-refractivity contribution in [1.82, 2.24) is 5.32 Å². The van der Waals surface area contributed by atoms with E-state index in [9.17, 15) is 9.59 Å². The molecule has 1 unspecified atom stereocenters. The molecule has 0 saturated carbocycles. The Morgan fingerprint density at radius 1 is 1.43 bits per heavy atom. The molecule has 0 spiro atoms. The highest BCUT2D eigenvalue weighted by Gasteiger charge is 2.36. The first-order valence-electron chi connectivity index (χ1n) is 6.55. The summed E-state index contributed by atoms with van der Waals surface area (Å²) in [4.78, 5) is 25.6. The first-order valence-corrected chi connectivity index (χ1v) is 7.31. The number of amides is 2. The highest BCUT2D eigenvalue weighted by molar-refractivity contribution is 6.40. The lowest BCUT2D eigenvalue weighted by Gasteiger charge is -2.19. The molecule has 2 rings (SSSR count). The molecular weight excluding hydrogens is 315 g/mol. The number of benzene rings is 1. The molecule has 1 aromatic carbocycles. The molecule has 1 atom stereocenters. The Morgan fingerprint density at radius 2 is 2.10 bits per heavy atom. The fraction of sp³-hybridized carbons (Fsp3) is 0.429. The van der Waals surface area contributed by atoms with Crippen LogP contribution in [-0.2, 0) is 14.3 Å². The Labute approximate surface area is 133 Å². The second kappa shape index (κ2) is 7.11. The third-order valence-corrected chi connectivity index (χ3v) is 3.92. The Hall–Kier alpha value is -1.30. The molecule has 1 aliphatic heterocycles. The molecular formula is C14H16Cl2N2O3. The van der Waals surface area contributed by atoms with Gasteiger partial charge in [0.05, 0.1) is 28.3 Å². The Kier molecular flexibility index (Phi) is 5.45. The molecule has 114 valence electrons. The summed E-state index contributed by atoms with van der Waals surface area (Å²) in [5.74, 6) is -0.718. The van der Waals surface area contributed by atoms with Gasteiger partial charge in [-0.25, -0.2) is 0 Å². The van der Waals surface area contributed by atoms with Crippen LogP contribution in [0.1, 0.15) is 6.42 Å². The molecule has 1 saturated heterocycles. The van der Waals surface area contributed by atoms with Crippen LogP contribution < -0.4 is 10.2 Å². The quantitative estimate of drug-likeness (QED) is 0.841. The van der Waals surface area contributed by atoms with E-state index in [0.29, 0.717) is 28.9 Å². The average molecular weight is 331 g/mol. The molecule has 1 fully saturated rings. The molecule has 21 heavy (non-hydrogen) atoms. The molecule has 1 N–H and O–H groups in total. The highest BCUT2D eigenvalue weighted by atomic mass is 35.5. The van der Waals surface area contributed by atoms with Crippen LogP contribution >= 0.6 is 23.2 Å². The van der Waals surface area contributed by atoms with E-state index in [4.69, 9.17) is 27.9 Å². The number of ether oxygens (including phenoxy) is 1. The molecule has 1 aromatic rings. The van der Waals surface area contributed by atoms with Gasteiger partial charge in [-0.05, 0) is 12.1 Å². The summed E-state index contributed by atoms with van der Waals surface area (Å²) in [5.41, 5.74) is 0.470. The van der Waals surface area contributed by atoms with Crippen LogP contribution in [0.15, 0.2) is 18.2 Å². The minimum absolute atomic E-state index is 0.153. The van der Waals surface area contributed by atoms with Crippen LogP contribution in [0.5, 0.6) is 0 Å². The van der Waals surface area contributed by atoms with Crippen LogP contribution in [0.25, 0.3) is 0 Å². The number of carbonyl (C=O) groups excluding carboxylic acids is 2. The van der Waals surface area contributed by atoms with Gasteiger partial charge in [0.25, 0.3) is 0 Å². The van der Waals surface area contributed by atoms with Gasteiger partial charge >= 0.3 is 0 Å². The van der Waals surface area contributed by atoms with E-state index in [1.54, 1.807) is 25.3 Å². The monoisotopic (exact) mass is 330 g/mol. The molecule has 5 nitrogen and oxygen atoms in total. The zero-order chi connectivity index (χ0) is 15.4. The molecule has 2 amide bonds. The maximum absolute atomic E-state index is 12.1. The van der Waals surface area contributed by atoms with Crippen LogP contribution in [0, 0.1) is 5.92 Å². The summed E-state index contributed by atoms with van der Waals surface area (Å²) in [6.07, 6.45) is 0.153. The largest absolute Gasteiger partial charge is 0.383 e. The average Bonchev–Trinajstić information content (AvgIpc) is 2.81. The summed E-state index contributed by atoms with van der Waals surface area (Å²) in [6, 6.07) is 5.05. The second-order valence-corrected chi connectivity index (χ2v) is 5.57. The van der Waals surface area contributed by atoms with Gasteiger partial charge in [-0.3, -0.25) is 9.59 Å². The minimum Gasteiger partial charge on any atom is -0.383 e. The standard InChI is InChI=1S/C14H16Cl2N2O3/c1-21-6-5-17-14(20)9-7-12(19)18(8-9)13-10(15)3-2-4-11(13)16/h2-4,9H,5-8H2,1H3,(H,17,20). The van der Waals surface area contributed by atoms with Crippen molar-refractivity contribution in [2.45, 2.75) is 6.42 Å². The van der Waals surface area contributed by atoms with Crippen LogP contribution in [0.4, 0.5) is 5.69 Å². The first-order chi connectivity index (χ1) is 10.0. The Morgan fingerprint density at radius 3 is 2.71 bits per heavy atom. The van der Waals surface area contributed by atoms with Crippen LogP contribution in [-0.4, -0.2) is 38.6 Å². The van der Waals surface area contributed by atoms with Crippen molar-refractivity contribution < 1.29 is 14.3 Å². The van der Waals surface area contributed by atoms with E-state index in [1.807, 2.05) is 0 Å². The van der Waals surface area contributed by atoms with Gasteiger partial charge in [-0.15, -0.1) is 0 Å². The van der Waals surface area contributed by atoms with E-state index < -0.39 is 5.92 Å². The van der Waals surface area contributed by atoms with E-state index in [-0.39, 0.29) is 24.8 Å². The van der Waals surface area contributed by atoms with E-state index in [2.05, 4.69) is 5.32 Å². The summed E-state index contributed by atoms with van der Waals surface area (Å²) in [6.45, 7) is 1.14. The number of para-hydroxylation sites is 1. The lowest BCUT2D eigenvalue weighted by Crippen LogP contribution is -2.34. The predicted octanol–water partition coefficient (Wildman–Crippen LogP) is 2.11. The number of methoxy groups -OCH3 is 1. The van der Waals surface area contributed by atoms with E-state index in [1.165, 1.54) is 4.90 Å². The van der Waals surface area contributed by atoms with Crippen molar-refractivity contribution in [3.63, 3.8) is 0 Å². The summed E-state index contributed by atoms with van der Waals surface area (Å²) < 4.78 is 4.87. The molecule has 0 radical (unpaired) electrons. The summed E-state index contributed by atoms with van der Waals surface area (Å²) >= 11 is 12.2. The van der Waals surface area contributed by atoms with Gasteiger partial charge < -0.3 is 15.0 Å². The van der Waals surface area contributed by atoms with Crippen molar-refractivity contribution in [3.05, 3.63) is 28.2 Å². The SMILES string of the molecule is COCCNC(=O)C1CC(=O)N(c2c(Cl)cccc2Cl)C1. The van der Waals surface area contributed by atoms with Crippen molar-refractivity contribution in [2.24, 2.45) is 5.92 Å². The van der Waals surface area contributed by atoms with Gasteiger partial charge in [0.1, 0.15) is 0 Å². The smallest absolute Gasteiger partial charge is 0.227 e. The lowest BCUT2D eigenvalue weighted by atomic mass is 10.1. The molecule has 7 heteroatoms. The predicted molar refractivity (Wildman–Crippen MR) is 81.8 cm³/mol. The molecule has 0 aromatic heterocycles. The molecule has 1 heterocycles. The van der Waals surface area contributed by atoms with Gasteiger partial charge in [0.15, 0.2) is 0 Å². The molecule has 1 aliphatic rings. The topological polar surface area (TPSA) is 58.6 Å². The zero-order valence-electron chi connectivity index (χ0n) is 11.6. The van der Waals surface area contributed by atoms with Gasteiger partial charge in [-0.2, -0.15) is 0 Å². The fourth-order valence-corrected chi connectivity index (χ4v) is 2.87. The number of nitrogens with one attached hydrogen (secondary N) is 1. The van der Waals surface area contributed by atoms with Gasteiger partial charge in [-0.1, -0.05) is 29.3 Å². The third-order valence-electron chi connectivity index (χ3n) is 3.31. The highest BCUT2D eigenvalue weighted by Crippen LogP contribution is 2.37. The Balaban J connectivity index is 2.08. The summed E-state index contributed by atoms with van der Waals surface area (Å²) in [5, 5.41) is 3.54. The van der Waals surface area contributed by atoms with Crippen molar-refractivity contribution >= 4 is 40.7 Å². The Bertz CT molecular complexity index is 531. The summed E-state index contributed by atoms with van der Waals surface area (Å²) in [7, 11) is 1.56. The number of anilines is 1. The van der Waals surface area contributed by atoms with Gasteiger partial charge in [0, 0.05) is 26.6 Å². The molecule has 0 aliphatic carbocycles. The number of carbonyl (C=O) groups is 2. The number of hydrogen-bond donors (Lipinski definition) is 1. The van der Waals surface area contributed by atoms with E-state index in [0.717, 1.165) is 0 Å². The third kappa shape index (κ3) is 3.67. The lowest BCUT2D eigenvalue weighted by molar-refractivity contribution is -0.126. The van der Waals surface area contributed by atoms with Crippen LogP contribution in [0.2, 0.25) is 10.0 Å². The number of halogens is 2. The fourth-order valence-electron chi connectivity index (χ4n) is 2.27. The van der Waals surface area contributed by atoms with Crippen LogP contribution in [0.3, 0.4) is 0 Å². The number of hydrogen-bond acceptors (Lipinski definition) is 3. The first kappa shape index (κ1) is 16.1. The van der Waals surface area contributed by atoms with E-state index >= 15 is 0 Å². The van der Waals surface area contributed by atoms with Crippen molar-refractivity contribution in [1.29, 1.82) is 0 Å². The minimum atomic E-state index is -0.401. The second-order valence-electron chi connectivity index (χ2n) is 4.76. The zero-order valence-corrected chi connectivity index (χ0v) is 13.1. The maximum atomic E-state index is 12.1. The van der Waals surface area contributed by atoms with Crippen molar-refractivity contribution in [2.75, 3.05) is 31.7 Å². The number of nitrogens with zero attached hydrogens (tertiary/aromatic N) is 1. The van der Waals surface area contributed by atoms with Crippen molar-refractivity contribution in [3.8, 4) is 0 Å². The molecule has 0 bridgehead atoms. The normalized spacial score (nSPS) is 18.1. The maximum Gasteiger partial charge on any atom is 0.227 e.